The van der Waals surface area contributed by atoms with Crippen molar-refractivity contribution in [2.75, 3.05) is 25.4 Å². The van der Waals surface area contributed by atoms with E-state index in [1.54, 1.807) is 0 Å². The number of morpholine rings is 1. The minimum atomic E-state index is -4.84. The molecular weight excluding hydrogens is 447 g/mol. The van der Waals surface area contributed by atoms with E-state index >= 15 is 0 Å². The first-order chi connectivity index (χ1) is 16.1. The number of nitrogens with zero attached hydrogens (tertiary/aromatic N) is 4. The molecule has 2 saturated carbocycles. The van der Waals surface area contributed by atoms with Crippen LogP contribution in [0.4, 0.5) is 19.0 Å². The van der Waals surface area contributed by atoms with Gasteiger partial charge in [0.05, 0.1) is 18.4 Å². The molecule has 0 spiro atoms. The van der Waals surface area contributed by atoms with Gasteiger partial charge in [0.1, 0.15) is 0 Å². The molecule has 2 aromatic rings. The fourth-order valence-corrected chi connectivity index (χ4v) is 5.85. The third kappa shape index (κ3) is 4.49. The molecule has 10 heteroatoms. The summed E-state index contributed by atoms with van der Waals surface area (Å²) in [5.74, 6) is 0.893. The van der Waals surface area contributed by atoms with Crippen molar-refractivity contribution in [1.82, 2.24) is 19.7 Å². The van der Waals surface area contributed by atoms with E-state index in [2.05, 4.69) is 40.1 Å². The van der Waals surface area contributed by atoms with E-state index in [1.807, 2.05) is 6.07 Å². The molecule has 186 valence electrons. The van der Waals surface area contributed by atoms with E-state index in [0.29, 0.717) is 35.1 Å². The number of anilines is 1. The summed E-state index contributed by atoms with van der Waals surface area (Å²) in [5.41, 5.74) is 7.84. The van der Waals surface area contributed by atoms with Gasteiger partial charge < -0.3 is 15.2 Å². The summed E-state index contributed by atoms with van der Waals surface area (Å²) >= 11 is 0. The standard InChI is InChI=1S/C24H32F3N5O2/c1-4-13(2)32-20(22-17-8-16(9-18(17)22)31-5-6-33-14(3)12-31)10-19(30-32)15-7-21(23(28)29-11-15)34-24(25,26)27/h7,10-11,13-14,16-18,22H,4-6,8-9,12H2,1-3H3,(H2,28,29). The Morgan fingerprint density at radius 1 is 1.26 bits per heavy atom. The molecule has 4 atom stereocenters. The quantitative estimate of drug-likeness (QED) is 0.652. The maximum atomic E-state index is 12.8. The zero-order valence-electron chi connectivity index (χ0n) is 19.8. The fourth-order valence-electron chi connectivity index (χ4n) is 5.85. The molecule has 2 aromatic heterocycles. The van der Waals surface area contributed by atoms with Crippen LogP contribution in [0.15, 0.2) is 18.3 Å². The molecule has 5 rings (SSSR count). The highest BCUT2D eigenvalue weighted by Crippen LogP contribution is 2.64. The number of fused-ring (bicyclic) bond motifs is 1. The summed E-state index contributed by atoms with van der Waals surface area (Å²) in [6.07, 6.45) is 0.167. The average molecular weight is 480 g/mol. The molecule has 7 nitrogen and oxygen atoms in total. The molecular formula is C24H32F3N5O2. The third-order valence-corrected chi connectivity index (χ3v) is 7.73. The lowest BCUT2D eigenvalue weighted by atomic mass is 10.0. The Morgan fingerprint density at radius 3 is 2.65 bits per heavy atom. The second kappa shape index (κ2) is 8.71. The highest BCUT2D eigenvalue weighted by molar-refractivity contribution is 5.64. The van der Waals surface area contributed by atoms with Crippen LogP contribution in [0, 0.1) is 11.8 Å². The van der Waals surface area contributed by atoms with Crippen molar-refractivity contribution in [3.8, 4) is 17.0 Å². The van der Waals surface area contributed by atoms with Gasteiger partial charge in [-0.2, -0.15) is 5.10 Å². The number of ether oxygens (including phenoxy) is 2. The molecule has 2 N–H and O–H groups in total. The SMILES string of the molecule is CCC(C)n1nc(-c2cnc(N)c(OC(F)(F)F)c2)cc1C1C2CC(N3CCOC(C)C3)CC21. The fraction of sp³-hybridized carbons (Fsp3) is 0.667. The number of nitrogens with two attached hydrogens (primary N) is 1. The van der Waals surface area contributed by atoms with Crippen molar-refractivity contribution in [3.05, 3.63) is 24.0 Å². The van der Waals surface area contributed by atoms with E-state index in [-0.39, 0.29) is 18.0 Å². The summed E-state index contributed by atoms with van der Waals surface area (Å²) in [7, 11) is 0. The van der Waals surface area contributed by atoms with Crippen LogP contribution in [-0.2, 0) is 4.74 Å². The van der Waals surface area contributed by atoms with Gasteiger partial charge in [0.2, 0.25) is 0 Å². The molecule has 3 heterocycles. The normalized spacial score (nSPS) is 30.2. The summed E-state index contributed by atoms with van der Waals surface area (Å²) in [6, 6.07) is 4.09. The molecule has 2 aliphatic carbocycles. The van der Waals surface area contributed by atoms with Crippen LogP contribution < -0.4 is 10.5 Å². The number of hydrogen-bond donors (Lipinski definition) is 1. The third-order valence-electron chi connectivity index (χ3n) is 7.73. The van der Waals surface area contributed by atoms with E-state index in [1.165, 1.54) is 30.8 Å². The number of pyridine rings is 1. The lowest BCUT2D eigenvalue weighted by Gasteiger charge is -2.36. The average Bonchev–Trinajstić information content (AvgIpc) is 3.13. The number of halogens is 3. The van der Waals surface area contributed by atoms with Crippen LogP contribution >= 0.6 is 0 Å². The molecule has 3 aliphatic rings. The molecule has 3 fully saturated rings. The smallest absolute Gasteiger partial charge is 0.402 e. The van der Waals surface area contributed by atoms with Crippen LogP contribution in [-0.4, -0.2) is 57.9 Å². The number of rotatable bonds is 6. The summed E-state index contributed by atoms with van der Waals surface area (Å²) in [6.45, 7) is 9.16. The van der Waals surface area contributed by atoms with Crippen molar-refractivity contribution >= 4 is 5.82 Å². The van der Waals surface area contributed by atoms with Gasteiger partial charge in [-0.1, -0.05) is 6.92 Å². The van der Waals surface area contributed by atoms with Crippen molar-refractivity contribution < 1.29 is 22.6 Å². The Labute approximate surface area is 197 Å². The van der Waals surface area contributed by atoms with E-state index in [4.69, 9.17) is 15.6 Å². The van der Waals surface area contributed by atoms with Gasteiger partial charge in [-0.25, -0.2) is 4.98 Å². The lowest BCUT2D eigenvalue weighted by molar-refractivity contribution is -0.274. The predicted molar refractivity (Wildman–Crippen MR) is 121 cm³/mol. The highest BCUT2D eigenvalue weighted by Gasteiger charge is 2.58. The van der Waals surface area contributed by atoms with Crippen LogP contribution in [0.25, 0.3) is 11.3 Å². The Kier molecular flexibility index (Phi) is 6.00. The molecule has 0 bridgehead atoms. The first kappa shape index (κ1) is 23.4. The lowest BCUT2D eigenvalue weighted by Crippen LogP contribution is -2.46. The Balaban J connectivity index is 1.37. The van der Waals surface area contributed by atoms with Gasteiger partial charge in [0.15, 0.2) is 11.6 Å². The van der Waals surface area contributed by atoms with Crippen LogP contribution in [0.2, 0.25) is 0 Å². The highest BCUT2D eigenvalue weighted by atomic mass is 19.4. The van der Waals surface area contributed by atoms with E-state index in [0.717, 1.165) is 26.1 Å². The van der Waals surface area contributed by atoms with Crippen LogP contribution in [0.1, 0.15) is 57.7 Å². The van der Waals surface area contributed by atoms with Crippen molar-refractivity contribution in [3.63, 3.8) is 0 Å². The number of alkyl halides is 3. The summed E-state index contributed by atoms with van der Waals surface area (Å²) in [5, 5.41) is 4.80. The Morgan fingerprint density at radius 2 is 2.00 bits per heavy atom. The van der Waals surface area contributed by atoms with Gasteiger partial charge in [-0.15, -0.1) is 13.2 Å². The maximum absolute atomic E-state index is 12.8. The molecule has 4 unspecified atom stereocenters. The minimum absolute atomic E-state index is 0.189. The largest absolute Gasteiger partial charge is 0.573 e. The van der Waals surface area contributed by atoms with Gasteiger partial charge in [0.25, 0.3) is 0 Å². The molecule has 0 aromatic carbocycles. The van der Waals surface area contributed by atoms with Gasteiger partial charge >= 0.3 is 6.36 Å². The molecule has 0 radical (unpaired) electrons. The molecule has 0 amide bonds. The molecule has 1 saturated heterocycles. The summed E-state index contributed by atoms with van der Waals surface area (Å²) in [4.78, 5) is 6.50. The van der Waals surface area contributed by atoms with Crippen molar-refractivity contribution in [2.45, 2.75) is 70.5 Å². The van der Waals surface area contributed by atoms with Gasteiger partial charge in [-0.3, -0.25) is 9.58 Å². The molecule has 34 heavy (non-hydrogen) atoms. The Bertz CT molecular complexity index is 1030. The predicted octanol–water partition coefficient (Wildman–Crippen LogP) is 4.61. The number of nitrogen functional groups attached to an aromatic ring is 1. The van der Waals surface area contributed by atoms with Gasteiger partial charge in [-0.05, 0) is 57.1 Å². The first-order valence-electron chi connectivity index (χ1n) is 12.1. The van der Waals surface area contributed by atoms with Crippen LogP contribution in [0.3, 0.4) is 0 Å². The van der Waals surface area contributed by atoms with Crippen molar-refractivity contribution in [2.24, 2.45) is 11.8 Å². The monoisotopic (exact) mass is 479 g/mol. The minimum Gasteiger partial charge on any atom is -0.402 e. The number of hydrogen-bond acceptors (Lipinski definition) is 6. The van der Waals surface area contributed by atoms with Gasteiger partial charge in [0, 0.05) is 48.5 Å². The molecule has 1 aliphatic heterocycles. The second-order valence-electron chi connectivity index (χ2n) is 9.97. The maximum Gasteiger partial charge on any atom is 0.573 e. The first-order valence-corrected chi connectivity index (χ1v) is 12.1. The van der Waals surface area contributed by atoms with E-state index < -0.39 is 12.1 Å². The van der Waals surface area contributed by atoms with Crippen LogP contribution in [0.5, 0.6) is 5.75 Å². The Hall–Kier alpha value is -2.33. The second-order valence-corrected chi connectivity index (χ2v) is 9.97. The summed E-state index contributed by atoms with van der Waals surface area (Å²) < 4.78 is 50.1. The number of aromatic nitrogens is 3. The topological polar surface area (TPSA) is 78.4 Å². The zero-order valence-corrected chi connectivity index (χ0v) is 19.8. The zero-order chi connectivity index (χ0) is 24.2. The van der Waals surface area contributed by atoms with E-state index in [9.17, 15) is 13.2 Å². The van der Waals surface area contributed by atoms with Crippen molar-refractivity contribution in [1.29, 1.82) is 0 Å².